The van der Waals surface area contributed by atoms with Gasteiger partial charge >= 0.3 is 6.18 Å². The third-order valence-corrected chi connectivity index (χ3v) is 9.10. The molecule has 0 radical (unpaired) electrons. The van der Waals surface area contributed by atoms with E-state index in [1.807, 2.05) is 6.92 Å². The highest BCUT2D eigenvalue weighted by molar-refractivity contribution is 7.93. The molecule has 36 heavy (non-hydrogen) atoms. The number of aromatic nitrogens is 3. The molecule has 0 fully saturated rings. The van der Waals surface area contributed by atoms with E-state index in [4.69, 9.17) is 0 Å². The monoisotopic (exact) mass is 530 g/mol. The van der Waals surface area contributed by atoms with Crippen LogP contribution in [0, 0.1) is 6.92 Å². The average molecular weight is 531 g/mol. The van der Waals surface area contributed by atoms with E-state index in [2.05, 4.69) is 19.9 Å². The standard InChI is InChI=1S/C25H21F3N4O2S2/c1-16-2-8-21(9-3-16)36(33,34)24-30-13-20(35-24)15-32-11-10-22-18(14-32)12-29-23(31-22)17-4-6-19(7-5-17)25(26,27)28/h2-9,12-13H,10-11,14-15H2,1H3. The molecule has 0 amide bonds. The number of nitrogens with zero attached hydrogens (tertiary/aromatic N) is 4. The molecule has 3 heterocycles. The summed E-state index contributed by atoms with van der Waals surface area (Å²) in [4.78, 5) is 16.3. The van der Waals surface area contributed by atoms with E-state index in [0.717, 1.165) is 45.2 Å². The number of fused-ring (bicyclic) bond motifs is 1. The van der Waals surface area contributed by atoms with Crippen molar-refractivity contribution in [1.29, 1.82) is 0 Å². The molecule has 5 rings (SSSR count). The third kappa shape index (κ3) is 5.04. The molecular formula is C25H21F3N4O2S2. The highest BCUT2D eigenvalue weighted by Gasteiger charge is 2.30. The van der Waals surface area contributed by atoms with Crippen molar-refractivity contribution in [2.45, 2.75) is 41.8 Å². The fraction of sp³-hybridized carbons (Fsp3) is 0.240. The van der Waals surface area contributed by atoms with Crippen molar-refractivity contribution in [3.8, 4) is 11.4 Å². The van der Waals surface area contributed by atoms with Gasteiger partial charge in [0.25, 0.3) is 0 Å². The van der Waals surface area contributed by atoms with Crippen LogP contribution >= 0.6 is 11.3 Å². The van der Waals surface area contributed by atoms with Gasteiger partial charge in [0.15, 0.2) is 5.82 Å². The van der Waals surface area contributed by atoms with Gasteiger partial charge in [-0.2, -0.15) is 13.2 Å². The lowest BCUT2D eigenvalue weighted by molar-refractivity contribution is -0.137. The Labute approximate surface area is 210 Å². The summed E-state index contributed by atoms with van der Waals surface area (Å²) in [5.41, 5.74) is 2.60. The first kappa shape index (κ1) is 24.5. The van der Waals surface area contributed by atoms with E-state index >= 15 is 0 Å². The summed E-state index contributed by atoms with van der Waals surface area (Å²) in [6, 6.07) is 11.5. The van der Waals surface area contributed by atoms with Gasteiger partial charge in [0.1, 0.15) is 0 Å². The maximum absolute atomic E-state index is 12.9. The number of hydrogen-bond acceptors (Lipinski definition) is 7. The minimum Gasteiger partial charge on any atom is -0.293 e. The molecule has 0 bridgehead atoms. The Kier molecular flexibility index (Phi) is 6.39. The van der Waals surface area contributed by atoms with Crippen LogP contribution in [0.3, 0.4) is 0 Å². The highest BCUT2D eigenvalue weighted by atomic mass is 32.2. The van der Waals surface area contributed by atoms with E-state index in [-0.39, 0.29) is 9.24 Å². The lowest BCUT2D eigenvalue weighted by atomic mass is 10.1. The first-order valence-electron chi connectivity index (χ1n) is 11.1. The summed E-state index contributed by atoms with van der Waals surface area (Å²) in [7, 11) is -3.66. The normalized spacial score (nSPS) is 14.6. The number of halogens is 3. The molecule has 1 aliphatic heterocycles. The Bertz CT molecular complexity index is 1500. The van der Waals surface area contributed by atoms with Crippen molar-refractivity contribution in [2.75, 3.05) is 6.54 Å². The molecule has 0 saturated heterocycles. The summed E-state index contributed by atoms with van der Waals surface area (Å²) >= 11 is 1.16. The molecular weight excluding hydrogens is 509 g/mol. The third-order valence-electron chi connectivity index (χ3n) is 5.96. The molecule has 0 atom stereocenters. The van der Waals surface area contributed by atoms with Crippen LogP contribution in [-0.2, 0) is 35.5 Å². The quantitative estimate of drug-likeness (QED) is 0.348. The molecule has 1 aliphatic rings. The van der Waals surface area contributed by atoms with Crippen LogP contribution in [0.5, 0.6) is 0 Å². The number of alkyl halides is 3. The van der Waals surface area contributed by atoms with Crippen LogP contribution in [0.15, 0.2) is 70.2 Å². The molecule has 0 saturated carbocycles. The van der Waals surface area contributed by atoms with Crippen molar-refractivity contribution in [2.24, 2.45) is 0 Å². The van der Waals surface area contributed by atoms with Crippen molar-refractivity contribution in [3.05, 3.63) is 88.2 Å². The second kappa shape index (κ2) is 9.38. The molecule has 186 valence electrons. The number of aryl methyl sites for hydroxylation is 1. The number of hydrogen-bond donors (Lipinski definition) is 0. The zero-order chi connectivity index (χ0) is 25.5. The van der Waals surface area contributed by atoms with Gasteiger partial charge in [0.2, 0.25) is 14.2 Å². The Morgan fingerprint density at radius 3 is 2.42 bits per heavy atom. The Hall–Kier alpha value is -3.15. The van der Waals surface area contributed by atoms with Gasteiger partial charge in [-0.25, -0.2) is 23.4 Å². The summed E-state index contributed by atoms with van der Waals surface area (Å²) in [5, 5.41) is 0. The van der Waals surface area contributed by atoms with E-state index in [9.17, 15) is 21.6 Å². The zero-order valence-electron chi connectivity index (χ0n) is 19.2. The van der Waals surface area contributed by atoms with Gasteiger partial charge in [0.05, 0.1) is 16.2 Å². The first-order valence-corrected chi connectivity index (χ1v) is 13.4. The van der Waals surface area contributed by atoms with Crippen molar-refractivity contribution in [3.63, 3.8) is 0 Å². The predicted molar refractivity (Wildman–Crippen MR) is 129 cm³/mol. The SMILES string of the molecule is Cc1ccc(S(=O)(=O)c2ncc(CN3CCc4nc(-c5ccc(C(F)(F)F)cc5)ncc4C3)s2)cc1. The summed E-state index contributed by atoms with van der Waals surface area (Å²) in [6.45, 7) is 3.73. The lowest BCUT2D eigenvalue weighted by Gasteiger charge is -2.27. The molecule has 2 aromatic heterocycles. The van der Waals surface area contributed by atoms with Crippen molar-refractivity contribution >= 4 is 21.2 Å². The second-order valence-corrected chi connectivity index (χ2v) is 11.8. The Morgan fingerprint density at radius 1 is 1.00 bits per heavy atom. The molecule has 11 heteroatoms. The van der Waals surface area contributed by atoms with E-state index in [1.165, 1.54) is 12.1 Å². The van der Waals surface area contributed by atoms with E-state index < -0.39 is 21.6 Å². The lowest BCUT2D eigenvalue weighted by Crippen LogP contribution is -2.30. The minimum atomic E-state index is -4.39. The average Bonchev–Trinajstić information content (AvgIpc) is 3.33. The van der Waals surface area contributed by atoms with E-state index in [1.54, 1.807) is 36.7 Å². The number of rotatable bonds is 5. The maximum Gasteiger partial charge on any atom is 0.416 e. The van der Waals surface area contributed by atoms with Crippen LogP contribution in [0.4, 0.5) is 13.2 Å². The van der Waals surface area contributed by atoms with E-state index in [0.29, 0.717) is 37.4 Å². The molecule has 0 aliphatic carbocycles. The van der Waals surface area contributed by atoms with Crippen LogP contribution in [0.1, 0.15) is 27.3 Å². The molecule has 6 nitrogen and oxygen atoms in total. The molecule has 0 N–H and O–H groups in total. The van der Waals surface area contributed by atoms with Gasteiger partial charge in [-0.1, -0.05) is 29.8 Å². The van der Waals surface area contributed by atoms with Crippen LogP contribution in [0.2, 0.25) is 0 Å². The van der Waals surface area contributed by atoms with Gasteiger partial charge in [-0.15, -0.1) is 11.3 Å². The van der Waals surface area contributed by atoms with Crippen LogP contribution in [-0.4, -0.2) is 34.8 Å². The van der Waals surface area contributed by atoms with Gasteiger partial charge < -0.3 is 0 Å². The largest absolute Gasteiger partial charge is 0.416 e. The van der Waals surface area contributed by atoms with Crippen molar-refractivity contribution < 1.29 is 21.6 Å². The minimum absolute atomic E-state index is 0.0725. The fourth-order valence-electron chi connectivity index (χ4n) is 3.98. The fourth-order valence-corrected chi connectivity index (χ4v) is 6.60. The maximum atomic E-state index is 12.9. The number of thiazole rings is 1. The van der Waals surface area contributed by atoms with Gasteiger partial charge in [-0.05, 0) is 31.2 Å². The first-order chi connectivity index (χ1) is 17.1. The second-order valence-electron chi connectivity index (χ2n) is 8.61. The summed E-state index contributed by atoms with van der Waals surface area (Å²) in [5.74, 6) is 0.393. The molecule has 0 unspecified atom stereocenters. The summed E-state index contributed by atoms with van der Waals surface area (Å²) in [6.07, 6.45) is -0.422. The van der Waals surface area contributed by atoms with Crippen LogP contribution in [0.25, 0.3) is 11.4 Å². The topological polar surface area (TPSA) is 76.1 Å². The van der Waals surface area contributed by atoms with Crippen molar-refractivity contribution in [1.82, 2.24) is 19.9 Å². The smallest absolute Gasteiger partial charge is 0.293 e. The number of sulfone groups is 1. The highest BCUT2D eigenvalue weighted by Crippen LogP contribution is 2.31. The summed E-state index contributed by atoms with van der Waals surface area (Å²) < 4.78 is 64.3. The Morgan fingerprint density at radius 2 is 1.72 bits per heavy atom. The molecule has 2 aromatic carbocycles. The molecule has 4 aromatic rings. The van der Waals surface area contributed by atoms with Crippen LogP contribution < -0.4 is 0 Å². The van der Waals surface area contributed by atoms with Gasteiger partial charge in [0, 0.05) is 54.5 Å². The van der Waals surface area contributed by atoms with Gasteiger partial charge in [-0.3, -0.25) is 4.90 Å². The Balaban J connectivity index is 1.27. The predicted octanol–water partition coefficient (Wildman–Crippen LogP) is 5.32. The number of benzene rings is 2. The molecule has 0 spiro atoms. The zero-order valence-corrected chi connectivity index (χ0v) is 20.8.